The maximum atomic E-state index is 5.94. The fourth-order valence-electron chi connectivity index (χ4n) is 3.02. The number of hydrogen-bond acceptors (Lipinski definition) is 3. The first-order chi connectivity index (χ1) is 6.82. The largest absolute Gasteiger partial charge is 0.329 e. The summed E-state index contributed by atoms with van der Waals surface area (Å²) < 4.78 is 0. The fourth-order valence-corrected chi connectivity index (χ4v) is 3.02. The Labute approximate surface area is 86.3 Å². The molecule has 0 radical (unpaired) electrons. The molecule has 14 heavy (non-hydrogen) atoms. The van der Waals surface area contributed by atoms with Gasteiger partial charge in [0, 0.05) is 31.2 Å². The van der Waals surface area contributed by atoms with Gasteiger partial charge < -0.3 is 11.1 Å². The molecule has 2 rings (SSSR count). The molecule has 80 valence electrons. The van der Waals surface area contributed by atoms with Crippen molar-refractivity contribution in [3.8, 4) is 0 Å². The lowest BCUT2D eigenvalue weighted by Gasteiger charge is -2.35. The van der Waals surface area contributed by atoms with Gasteiger partial charge in [-0.2, -0.15) is 0 Å². The summed E-state index contributed by atoms with van der Waals surface area (Å²) in [6, 6.07) is 0.674. The number of rotatable bonds is 4. The van der Waals surface area contributed by atoms with E-state index in [-0.39, 0.29) is 5.54 Å². The lowest BCUT2D eigenvalue weighted by molar-refractivity contribution is 0.234. The SMILES string of the molecule is C=CCNC1(CN)CCN2CCCC21. The summed E-state index contributed by atoms with van der Waals surface area (Å²) in [5.41, 5.74) is 6.11. The van der Waals surface area contributed by atoms with Crippen molar-refractivity contribution in [1.29, 1.82) is 0 Å². The van der Waals surface area contributed by atoms with Crippen LogP contribution in [0.5, 0.6) is 0 Å². The van der Waals surface area contributed by atoms with Gasteiger partial charge in [-0.1, -0.05) is 6.08 Å². The summed E-state index contributed by atoms with van der Waals surface area (Å²) in [6.07, 6.45) is 5.76. The number of nitrogens with zero attached hydrogens (tertiary/aromatic N) is 1. The maximum Gasteiger partial charge on any atom is 0.0475 e. The molecule has 2 aliphatic heterocycles. The molecule has 3 N–H and O–H groups in total. The third-order valence-electron chi connectivity index (χ3n) is 3.81. The van der Waals surface area contributed by atoms with E-state index in [1.165, 1.54) is 32.4 Å². The molecule has 0 spiro atoms. The van der Waals surface area contributed by atoms with Crippen LogP contribution < -0.4 is 11.1 Å². The van der Waals surface area contributed by atoms with Gasteiger partial charge in [-0.3, -0.25) is 4.90 Å². The predicted molar refractivity (Wildman–Crippen MR) is 59.2 cm³/mol. The molecule has 0 aliphatic carbocycles. The monoisotopic (exact) mass is 195 g/mol. The molecule has 2 saturated heterocycles. The third-order valence-corrected chi connectivity index (χ3v) is 3.81. The van der Waals surface area contributed by atoms with Crippen LogP contribution in [0.15, 0.2) is 12.7 Å². The lowest BCUT2D eigenvalue weighted by Crippen LogP contribution is -2.57. The van der Waals surface area contributed by atoms with E-state index < -0.39 is 0 Å². The first-order valence-electron chi connectivity index (χ1n) is 5.62. The van der Waals surface area contributed by atoms with Crippen molar-refractivity contribution < 1.29 is 0 Å². The van der Waals surface area contributed by atoms with Crippen molar-refractivity contribution in [2.45, 2.75) is 30.8 Å². The van der Waals surface area contributed by atoms with E-state index in [4.69, 9.17) is 5.73 Å². The summed E-state index contributed by atoms with van der Waals surface area (Å²) in [6.45, 7) is 7.86. The molecule has 2 aliphatic rings. The van der Waals surface area contributed by atoms with Crippen LogP contribution in [0.4, 0.5) is 0 Å². The van der Waals surface area contributed by atoms with E-state index in [1.807, 2.05) is 6.08 Å². The number of nitrogens with one attached hydrogen (secondary N) is 1. The molecule has 3 nitrogen and oxygen atoms in total. The van der Waals surface area contributed by atoms with E-state index in [9.17, 15) is 0 Å². The molecule has 0 aromatic rings. The standard InChI is InChI=1S/C11H21N3/c1-2-6-13-11(9-12)5-8-14-7-3-4-10(11)14/h2,10,13H,1,3-9,12H2. The van der Waals surface area contributed by atoms with E-state index in [0.717, 1.165) is 13.1 Å². The molecule has 0 aromatic heterocycles. The zero-order valence-corrected chi connectivity index (χ0v) is 8.84. The quantitative estimate of drug-likeness (QED) is 0.635. The Morgan fingerprint density at radius 1 is 1.57 bits per heavy atom. The minimum atomic E-state index is 0.171. The highest BCUT2D eigenvalue weighted by atomic mass is 15.3. The van der Waals surface area contributed by atoms with E-state index in [2.05, 4.69) is 16.8 Å². The average molecular weight is 195 g/mol. The van der Waals surface area contributed by atoms with Crippen LogP contribution in [0.3, 0.4) is 0 Å². The molecule has 2 heterocycles. The average Bonchev–Trinajstić information content (AvgIpc) is 2.77. The Morgan fingerprint density at radius 2 is 2.43 bits per heavy atom. The highest BCUT2D eigenvalue weighted by molar-refractivity contribution is 5.09. The van der Waals surface area contributed by atoms with E-state index in [1.54, 1.807) is 0 Å². The Balaban J connectivity index is 2.07. The second-order valence-corrected chi connectivity index (χ2v) is 4.47. The minimum absolute atomic E-state index is 0.171. The van der Waals surface area contributed by atoms with Crippen molar-refractivity contribution in [3.63, 3.8) is 0 Å². The van der Waals surface area contributed by atoms with Gasteiger partial charge in [-0.05, 0) is 25.8 Å². The highest BCUT2D eigenvalue weighted by Crippen LogP contribution is 2.35. The van der Waals surface area contributed by atoms with Gasteiger partial charge in [0.2, 0.25) is 0 Å². The minimum Gasteiger partial charge on any atom is -0.329 e. The van der Waals surface area contributed by atoms with E-state index >= 15 is 0 Å². The second kappa shape index (κ2) is 4.01. The number of fused-ring (bicyclic) bond motifs is 1. The Hall–Kier alpha value is -0.380. The van der Waals surface area contributed by atoms with Gasteiger partial charge in [0.15, 0.2) is 0 Å². The summed E-state index contributed by atoms with van der Waals surface area (Å²) in [7, 11) is 0. The van der Waals surface area contributed by atoms with Crippen LogP contribution >= 0.6 is 0 Å². The molecule has 0 bridgehead atoms. The van der Waals surface area contributed by atoms with Crippen molar-refractivity contribution in [1.82, 2.24) is 10.2 Å². The van der Waals surface area contributed by atoms with Gasteiger partial charge in [-0.15, -0.1) is 6.58 Å². The summed E-state index contributed by atoms with van der Waals surface area (Å²) in [5.74, 6) is 0. The lowest BCUT2D eigenvalue weighted by atomic mass is 9.88. The summed E-state index contributed by atoms with van der Waals surface area (Å²) >= 11 is 0. The molecular formula is C11H21N3. The Kier molecular flexibility index (Phi) is 2.91. The molecule has 0 saturated carbocycles. The first kappa shape index (κ1) is 10.1. The van der Waals surface area contributed by atoms with Gasteiger partial charge in [0.05, 0.1) is 0 Å². The topological polar surface area (TPSA) is 41.3 Å². The van der Waals surface area contributed by atoms with E-state index in [0.29, 0.717) is 6.04 Å². The van der Waals surface area contributed by atoms with Gasteiger partial charge in [0.25, 0.3) is 0 Å². The molecule has 3 heteroatoms. The molecule has 0 aromatic carbocycles. The molecule has 2 atom stereocenters. The maximum absolute atomic E-state index is 5.94. The Morgan fingerprint density at radius 3 is 3.14 bits per heavy atom. The molecule has 2 fully saturated rings. The third kappa shape index (κ3) is 1.49. The van der Waals surface area contributed by atoms with Crippen molar-refractivity contribution >= 4 is 0 Å². The summed E-state index contributed by atoms with van der Waals surface area (Å²) in [5, 5.41) is 3.58. The number of nitrogens with two attached hydrogens (primary N) is 1. The molecular weight excluding hydrogens is 174 g/mol. The smallest absolute Gasteiger partial charge is 0.0475 e. The van der Waals surface area contributed by atoms with Crippen LogP contribution in [0, 0.1) is 0 Å². The van der Waals surface area contributed by atoms with Gasteiger partial charge in [0.1, 0.15) is 0 Å². The zero-order valence-electron chi connectivity index (χ0n) is 8.84. The molecule has 2 unspecified atom stereocenters. The Bertz CT molecular complexity index is 217. The fraction of sp³-hybridized carbons (Fsp3) is 0.818. The zero-order chi connectivity index (χ0) is 10.0. The first-order valence-corrected chi connectivity index (χ1v) is 5.62. The van der Waals surface area contributed by atoms with Crippen LogP contribution in [-0.4, -0.2) is 42.7 Å². The van der Waals surface area contributed by atoms with Crippen LogP contribution in [-0.2, 0) is 0 Å². The van der Waals surface area contributed by atoms with Crippen LogP contribution in [0.1, 0.15) is 19.3 Å². The number of hydrogen-bond donors (Lipinski definition) is 2. The van der Waals surface area contributed by atoms with Crippen LogP contribution in [0.2, 0.25) is 0 Å². The second-order valence-electron chi connectivity index (χ2n) is 4.47. The normalized spacial score (nSPS) is 37.4. The van der Waals surface area contributed by atoms with Crippen molar-refractivity contribution in [3.05, 3.63) is 12.7 Å². The van der Waals surface area contributed by atoms with Gasteiger partial charge in [-0.25, -0.2) is 0 Å². The predicted octanol–water partition coefficient (Wildman–Crippen LogP) is 0.328. The van der Waals surface area contributed by atoms with Crippen molar-refractivity contribution in [2.24, 2.45) is 5.73 Å². The van der Waals surface area contributed by atoms with Crippen LogP contribution in [0.25, 0.3) is 0 Å². The highest BCUT2D eigenvalue weighted by Gasteiger charge is 2.47. The van der Waals surface area contributed by atoms with Gasteiger partial charge >= 0.3 is 0 Å². The van der Waals surface area contributed by atoms with Crippen molar-refractivity contribution in [2.75, 3.05) is 26.2 Å². The summed E-state index contributed by atoms with van der Waals surface area (Å²) in [4.78, 5) is 2.59. The molecule has 0 amide bonds.